The summed E-state index contributed by atoms with van der Waals surface area (Å²) < 4.78 is 15.3. The predicted molar refractivity (Wildman–Crippen MR) is 71.8 cm³/mol. The molecule has 0 atom stereocenters. The largest absolute Gasteiger partial charge is 0.367 e. The summed E-state index contributed by atoms with van der Waals surface area (Å²) in [7, 11) is 0. The fourth-order valence-corrected chi connectivity index (χ4v) is 1.94. The molecule has 0 spiro atoms. The number of nitrogens with one attached hydrogen (secondary N) is 1. The zero-order valence-electron chi connectivity index (χ0n) is 10.8. The van der Waals surface area contributed by atoms with Crippen LogP contribution in [0.15, 0.2) is 12.3 Å². The standard InChI is InChI=1S/C12H15ClFN5/c1-8-6-9(2)19(18-8)5-3-4-15-11-10(14)7-16-12(13)17-11/h6-7H,3-5H2,1-2H3,(H,15,16,17). The fourth-order valence-electron chi connectivity index (χ4n) is 1.81. The molecule has 102 valence electrons. The number of aryl methyl sites for hydroxylation is 3. The Kier molecular flexibility index (Phi) is 4.31. The van der Waals surface area contributed by atoms with E-state index in [4.69, 9.17) is 11.6 Å². The molecule has 0 bridgehead atoms. The van der Waals surface area contributed by atoms with Crippen molar-refractivity contribution in [3.05, 3.63) is 34.8 Å². The molecular weight excluding hydrogens is 269 g/mol. The van der Waals surface area contributed by atoms with Gasteiger partial charge < -0.3 is 5.32 Å². The second-order valence-corrected chi connectivity index (χ2v) is 4.60. The highest BCUT2D eigenvalue weighted by molar-refractivity contribution is 6.28. The Hall–Kier alpha value is -1.69. The third-order valence-electron chi connectivity index (χ3n) is 2.66. The normalized spacial score (nSPS) is 10.7. The van der Waals surface area contributed by atoms with Crippen LogP contribution >= 0.6 is 11.6 Å². The molecule has 0 aliphatic rings. The van der Waals surface area contributed by atoms with E-state index >= 15 is 0 Å². The molecule has 0 saturated carbocycles. The molecular formula is C12H15ClFN5. The van der Waals surface area contributed by atoms with Crippen molar-refractivity contribution < 1.29 is 4.39 Å². The van der Waals surface area contributed by atoms with E-state index in [1.807, 2.05) is 24.6 Å². The molecule has 0 saturated heterocycles. The van der Waals surface area contributed by atoms with Crippen molar-refractivity contribution in [2.45, 2.75) is 26.8 Å². The van der Waals surface area contributed by atoms with Gasteiger partial charge in [-0.25, -0.2) is 9.37 Å². The number of nitrogens with zero attached hydrogens (tertiary/aromatic N) is 4. The molecule has 0 radical (unpaired) electrons. The van der Waals surface area contributed by atoms with Crippen LogP contribution in [0.25, 0.3) is 0 Å². The molecule has 0 aliphatic heterocycles. The van der Waals surface area contributed by atoms with E-state index in [9.17, 15) is 4.39 Å². The number of anilines is 1. The van der Waals surface area contributed by atoms with Crippen molar-refractivity contribution in [2.24, 2.45) is 0 Å². The molecule has 2 aromatic rings. The number of halogens is 2. The van der Waals surface area contributed by atoms with Crippen molar-refractivity contribution >= 4 is 17.4 Å². The first-order valence-electron chi connectivity index (χ1n) is 5.99. The highest BCUT2D eigenvalue weighted by atomic mass is 35.5. The van der Waals surface area contributed by atoms with Gasteiger partial charge in [0.05, 0.1) is 11.9 Å². The predicted octanol–water partition coefficient (Wildman–Crippen LogP) is 2.58. The minimum absolute atomic E-state index is 0.0300. The Labute approximate surface area is 115 Å². The minimum Gasteiger partial charge on any atom is -0.367 e. The van der Waals surface area contributed by atoms with Gasteiger partial charge in [-0.05, 0) is 37.9 Å². The summed E-state index contributed by atoms with van der Waals surface area (Å²) in [5, 5.41) is 7.28. The van der Waals surface area contributed by atoms with Gasteiger partial charge in [0, 0.05) is 18.8 Å². The number of aromatic nitrogens is 4. The van der Waals surface area contributed by atoms with E-state index in [1.165, 1.54) is 0 Å². The lowest BCUT2D eigenvalue weighted by Gasteiger charge is -2.07. The zero-order chi connectivity index (χ0) is 13.8. The quantitative estimate of drug-likeness (QED) is 0.677. The molecule has 5 nitrogen and oxygen atoms in total. The van der Waals surface area contributed by atoms with Crippen LogP contribution < -0.4 is 5.32 Å². The van der Waals surface area contributed by atoms with Gasteiger partial charge in [-0.1, -0.05) is 0 Å². The molecule has 0 amide bonds. The summed E-state index contributed by atoms with van der Waals surface area (Å²) in [5.41, 5.74) is 2.12. The van der Waals surface area contributed by atoms with Crippen LogP contribution in [0.3, 0.4) is 0 Å². The Balaban J connectivity index is 1.84. The van der Waals surface area contributed by atoms with Crippen LogP contribution in [-0.4, -0.2) is 26.3 Å². The van der Waals surface area contributed by atoms with Crippen molar-refractivity contribution in [1.82, 2.24) is 19.7 Å². The number of hydrogen-bond acceptors (Lipinski definition) is 4. The molecule has 0 aromatic carbocycles. The van der Waals surface area contributed by atoms with E-state index < -0.39 is 5.82 Å². The maximum atomic E-state index is 13.3. The lowest BCUT2D eigenvalue weighted by atomic mass is 10.4. The Morgan fingerprint density at radius 1 is 1.42 bits per heavy atom. The fraction of sp³-hybridized carbons (Fsp3) is 0.417. The molecule has 2 rings (SSSR count). The van der Waals surface area contributed by atoms with E-state index in [0.717, 1.165) is 30.6 Å². The first kappa shape index (κ1) is 13.7. The van der Waals surface area contributed by atoms with Crippen molar-refractivity contribution in [1.29, 1.82) is 0 Å². The molecule has 2 aromatic heterocycles. The average Bonchev–Trinajstić information content (AvgIpc) is 2.67. The van der Waals surface area contributed by atoms with Gasteiger partial charge in [0.15, 0.2) is 11.6 Å². The van der Waals surface area contributed by atoms with E-state index in [0.29, 0.717) is 6.54 Å². The SMILES string of the molecule is Cc1cc(C)n(CCCNc2nc(Cl)ncc2F)n1. The van der Waals surface area contributed by atoms with Gasteiger partial charge in [0.25, 0.3) is 0 Å². The van der Waals surface area contributed by atoms with Gasteiger partial charge in [0.2, 0.25) is 5.28 Å². The third kappa shape index (κ3) is 3.64. The second kappa shape index (κ2) is 5.97. The number of hydrogen-bond donors (Lipinski definition) is 1. The van der Waals surface area contributed by atoms with Crippen molar-refractivity contribution in [3.8, 4) is 0 Å². The van der Waals surface area contributed by atoms with Crippen molar-refractivity contribution in [2.75, 3.05) is 11.9 Å². The molecule has 0 fully saturated rings. The summed E-state index contributed by atoms with van der Waals surface area (Å²) in [6.07, 6.45) is 1.86. The Morgan fingerprint density at radius 2 is 2.21 bits per heavy atom. The van der Waals surface area contributed by atoms with Crippen LogP contribution in [0.4, 0.5) is 10.2 Å². The first-order valence-corrected chi connectivity index (χ1v) is 6.37. The van der Waals surface area contributed by atoms with E-state index in [1.54, 1.807) is 0 Å². The average molecular weight is 284 g/mol. The zero-order valence-corrected chi connectivity index (χ0v) is 11.6. The summed E-state index contributed by atoms with van der Waals surface area (Å²) in [5.74, 6) is -0.371. The van der Waals surface area contributed by atoms with Crippen LogP contribution in [0, 0.1) is 19.7 Å². The van der Waals surface area contributed by atoms with Crippen molar-refractivity contribution in [3.63, 3.8) is 0 Å². The highest BCUT2D eigenvalue weighted by Crippen LogP contribution is 2.12. The van der Waals surface area contributed by atoms with Crippen LogP contribution in [0.2, 0.25) is 5.28 Å². The first-order chi connectivity index (χ1) is 9.06. The van der Waals surface area contributed by atoms with Gasteiger partial charge in [-0.15, -0.1) is 0 Å². The lowest BCUT2D eigenvalue weighted by molar-refractivity contribution is 0.570. The lowest BCUT2D eigenvalue weighted by Crippen LogP contribution is -2.11. The van der Waals surface area contributed by atoms with E-state index in [-0.39, 0.29) is 11.1 Å². The maximum absolute atomic E-state index is 13.3. The van der Waals surface area contributed by atoms with Gasteiger partial charge in [-0.2, -0.15) is 10.1 Å². The molecule has 0 unspecified atom stereocenters. The summed E-state index contributed by atoms with van der Waals surface area (Å²) in [6, 6.07) is 2.03. The molecule has 0 aliphatic carbocycles. The Morgan fingerprint density at radius 3 is 2.89 bits per heavy atom. The van der Waals surface area contributed by atoms with Crippen LogP contribution in [0.5, 0.6) is 0 Å². The topological polar surface area (TPSA) is 55.6 Å². The van der Waals surface area contributed by atoms with Crippen LogP contribution in [0.1, 0.15) is 17.8 Å². The summed E-state index contributed by atoms with van der Waals surface area (Å²) in [6.45, 7) is 5.33. The summed E-state index contributed by atoms with van der Waals surface area (Å²) >= 11 is 5.61. The molecule has 7 heteroatoms. The van der Waals surface area contributed by atoms with Crippen LogP contribution in [-0.2, 0) is 6.54 Å². The number of rotatable bonds is 5. The van der Waals surface area contributed by atoms with Gasteiger partial charge >= 0.3 is 0 Å². The van der Waals surface area contributed by atoms with E-state index in [2.05, 4.69) is 20.4 Å². The molecule has 19 heavy (non-hydrogen) atoms. The monoisotopic (exact) mass is 283 g/mol. The second-order valence-electron chi connectivity index (χ2n) is 4.27. The summed E-state index contributed by atoms with van der Waals surface area (Å²) in [4.78, 5) is 7.34. The third-order valence-corrected chi connectivity index (χ3v) is 2.84. The minimum atomic E-state index is -0.504. The molecule has 2 heterocycles. The maximum Gasteiger partial charge on any atom is 0.224 e. The van der Waals surface area contributed by atoms with Gasteiger partial charge in [0.1, 0.15) is 0 Å². The Bertz CT molecular complexity index is 569. The van der Waals surface area contributed by atoms with Gasteiger partial charge in [-0.3, -0.25) is 4.68 Å². The molecule has 1 N–H and O–H groups in total. The smallest absolute Gasteiger partial charge is 0.224 e. The highest BCUT2D eigenvalue weighted by Gasteiger charge is 2.05.